The summed E-state index contributed by atoms with van der Waals surface area (Å²) in [5.74, 6) is 1.31. The van der Waals surface area contributed by atoms with Crippen LogP contribution in [0.5, 0.6) is 0 Å². The first kappa shape index (κ1) is 19.0. The Morgan fingerprint density at radius 2 is 2.04 bits per heavy atom. The largest absolute Gasteiger partial charge is 0.338 e. The van der Waals surface area contributed by atoms with Crippen molar-refractivity contribution in [1.29, 1.82) is 0 Å². The van der Waals surface area contributed by atoms with E-state index in [4.69, 9.17) is 0 Å². The lowest BCUT2D eigenvalue weighted by atomic mass is 9.96. The Labute approximate surface area is 159 Å². The first-order valence-electron chi connectivity index (χ1n) is 9.44. The van der Waals surface area contributed by atoms with E-state index in [1.165, 1.54) is 31.1 Å². The number of hydrogen-bond acceptors (Lipinski definition) is 5. The molecule has 142 valence electrons. The van der Waals surface area contributed by atoms with E-state index in [0.29, 0.717) is 12.5 Å². The molecule has 2 heterocycles. The molecule has 0 saturated carbocycles. The minimum atomic E-state index is -0.00823. The van der Waals surface area contributed by atoms with E-state index in [9.17, 15) is 4.79 Å². The molecule has 1 saturated heterocycles. The van der Waals surface area contributed by atoms with E-state index in [1.54, 1.807) is 4.90 Å². The Morgan fingerprint density at radius 1 is 1.31 bits per heavy atom. The van der Waals surface area contributed by atoms with E-state index >= 15 is 0 Å². The van der Waals surface area contributed by atoms with E-state index in [0.717, 1.165) is 42.1 Å². The second-order valence-electron chi connectivity index (χ2n) is 7.77. The molecule has 0 bridgehead atoms. The number of fused-ring (bicyclic) bond motifs is 1. The molecule has 0 aliphatic carbocycles. The van der Waals surface area contributed by atoms with Gasteiger partial charge in [-0.05, 0) is 55.5 Å². The summed E-state index contributed by atoms with van der Waals surface area (Å²) in [6, 6.07) is 5.97. The summed E-state index contributed by atoms with van der Waals surface area (Å²) in [5.41, 5.74) is 2.88. The normalized spacial score (nSPS) is 16.3. The maximum absolute atomic E-state index is 12.4. The van der Waals surface area contributed by atoms with E-state index in [-0.39, 0.29) is 6.03 Å². The highest BCUT2D eigenvalue weighted by Gasteiger charge is 2.20. The van der Waals surface area contributed by atoms with Crippen LogP contribution >= 0.6 is 11.7 Å². The number of urea groups is 1. The van der Waals surface area contributed by atoms with Crippen LogP contribution in [0.2, 0.25) is 0 Å². The van der Waals surface area contributed by atoms with Crippen LogP contribution < -0.4 is 5.32 Å². The third-order valence-electron chi connectivity index (χ3n) is 4.96. The van der Waals surface area contributed by atoms with Crippen LogP contribution in [-0.2, 0) is 6.54 Å². The summed E-state index contributed by atoms with van der Waals surface area (Å²) < 4.78 is 8.47. The fourth-order valence-electron chi connectivity index (χ4n) is 3.53. The summed E-state index contributed by atoms with van der Waals surface area (Å²) in [5, 5.41) is 3.10. The van der Waals surface area contributed by atoms with Gasteiger partial charge in [0.15, 0.2) is 0 Å². The Balaban J connectivity index is 1.41. The number of likely N-dealkylation sites (tertiary alicyclic amines) is 1. The highest BCUT2D eigenvalue weighted by atomic mass is 32.1. The lowest BCUT2D eigenvalue weighted by molar-refractivity contribution is 0.163. The van der Waals surface area contributed by atoms with Gasteiger partial charge in [0.2, 0.25) is 0 Å². The molecule has 0 spiro atoms. The molecule has 1 aliphatic heterocycles. The second kappa shape index (κ2) is 8.77. The number of aromatic nitrogens is 2. The smallest absolute Gasteiger partial charge is 0.317 e. The fraction of sp³-hybridized carbons (Fsp3) is 0.632. The zero-order valence-corrected chi connectivity index (χ0v) is 16.8. The lowest BCUT2D eigenvalue weighted by Crippen LogP contribution is -2.43. The molecule has 1 aromatic carbocycles. The molecule has 1 aliphatic rings. The Bertz CT molecular complexity index is 724. The summed E-state index contributed by atoms with van der Waals surface area (Å²) >= 11 is 1.22. The Morgan fingerprint density at radius 3 is 2.77 bits per heavy atom. The molecule has 7 heteroatoms. The summed E-state index contributed by atoms with van der Waals surface area (Å²) in [7, 11) is 1.84. The minimum absolute atomic E-state index is 0.00823. The third kappa shape index (κ3) is 5.14. The number of rotatable bonds is 6. The summed E-state index contributed by atoms with van der Waals surface area (Å²) in [6.07, 6.45) is 2.34. The molecular formula is C19H29N5OS. The number of carbonyl (C=O) groups is 1. The van der Waals surface area contributed by atoms with Crippen molar-refractivity contribution >= 4 is 28.8 Å². The monoisotopic (exact) mass is 375 g/mol. The van der Waals surface area contributed by atoms with Crippen molar-refractivity contribution in [1.82, 2.24) is 23.9 Å². The number of nitrogens with zero attached hydrogens (tertiary/aromatic N) is 4. The Hall–Kier alpha value is -1.73. The van der Waals surface area contributed by atoms with Crippen molar-refractivity contribution in [3.8, 4) is 0 Å². The molecule has 0 unspecified atom stereocenters. The van der Waals surface area contributed by atoms with Gasteiger partial charge in [0.1, 0.15) is 11.0 Å². The summed E-state index contributed by atoms with van der Waals surface area (Å²) in [6.45, 7) is 9.36. The van der Waals surface area contributed by atoms with Gasteiger partial charge in [-0.3, -0.25) is 0 Å². The van der Waals surface area contributed by atoms with E-state index in [2.05, 4.69) is 32.8 Å². The van der Waals surface area contributed by atoms with Gasteiger partial charge in [0, 0.05) is 26.7 Å². The van der Waals surface area contributed by atoms with Crippen LogP contribution in [0.25, 0.3) is 11.0 Å². The fourth-order valence-corrected chi connectivity index (χ4v) is 4.05. The average molecular weight is 376 g/mol. The summed E-state index contributed by atoms with van der Waals surface area (Å²) in [4.78, 5) is 16.7. The quantitative estimate of drug-likeness (QED) is 0.842. The first-order chi connectivity index (χ1) is 12.5. The van der Waals surface area contributed by atoms with Crippen molar-refractivity contribution in [2.45, 2.75) is 33.2 Å². The van der Waals surface area contributed by atoms with Gasteiger partial charge in [-0.15, -0.1) is 0 Å². The molecule has 1 aromatic heterocycles. The maximum atomic E-state index is 12.4. The van der Waals surface area contributed by atoms with Gasteiger partial charge in [-0.25, -0.2) is 4.79 Å². The van der Waals surface area contributed by atoms with Crippen LogP contribution in [-0.4, -0.2) is 57.8 Å². The van der Waals surface area contributed by atoms with Crippen molar-refractivity contribution < 1.29 is 4.79 Å². The molecule has 0 radical (unpaired) electrons. The van der Waals surface area contributed by atoms with Gasteiger partial charge < -0.3 is 15.1 Å². The van der Waals surface area contributed by atoms with Crippen LogP contribution in [0.4, 0.5) is 4.79 Å². The van der Waals surface area contributed by atoms with Crippen molar-refractivity contribution in [2.24, 2.45) is 11.8 Å². The van der Waals surface area contributed by atoms with Gasteiger partial charge >= 0.3 is 6.03 Å². The lowest BCUT2D eigenvalue weighted by Gasteiger charge is -2.33. The molecular weight excluding hydrogens is 346 g/mol. The zero-order chi connectivity index (χ0) is 18.5. The number of piperidine rings is 1. The number of benzene rings is 1. The van der Waals surface area contributed by atoms with Crippen molar-refractivity contribution in [2.75, 3.05) is 33.2 Å². The molecule has 2 aromatic rings. The second-order valence-corrected chi connectivity index (χ2v) is 8.30. The zero-order valence-electron chi connectivity index (χ0n) is 15.9. The number of hydrogen-bond donors (Lipinski definition) is 1. The Kier molecular flexibility index (Phi) is 6.43. The maximum Gasteiger partial charge on any atom is 0.317 e. The van der Waals surface area contributed by atoms with Crippen LogP contribution in [0.1, 0.15) is 32.3 Å². The highest BCUT2D eigenvalue weighted by molar-refractivity contribution is 7.00. The number of amides is 2. The van der Waals surface area contributed by atoms with Gasteiger partial charge in [0.25, 0.3) is 0 Å². The van der Waals surface area contributed by atoms with E-state index < -0.39 is 0 Å². The standard InChI is InChI=1S/C19H29N5OS/c1-14(2)12-24-8-6-15(7-9-24)11-20-19(25)23(3)13-16-4-5-17-18(10-16)22-26-21-17/h4-5,10,14-15H,6-9,11-13H2,1-3H3,(H,20,25). The average Bonchev–Trinajstić information content (AvgIpc) is 3.08. The minimum Gasteiger partial charge on any atom is -0.338 e. The van der Waals surface area contributed by atoms with Crippen molar-refractivity contribution in [3.05, 3.63) is 23.8 Å². The predicted octanol–water partition coefficient (Wildman–Crippen LogP) is 3.20. The SMILES string of the molecule is CC(C)CN1CCC(CNC(=O)N(C)Cc2ccc3nsnc3c2)CC1. The molecule has 0 atom stereocenters. The molecule has 1 fully saturated rings. The molecule has 1 N–H and O–H groups in total. The van der Waals surface area contributed by atoms with Gasteiger partial charge in [-0.2, -0.15) is 8.75 Å². The number of nitrogens with one attached hydrogen (secondary N) is 1. The van der Waals surface area contributed by atoms with Crippen molar-refractivity contribution in [3.63, 3.8) is 0 Å². The number of carbonyl (C=O) groups excluding carboxylic acids is 1. The van der Waals surface area contributed by atoms with E-state index in [1.807, 2.05) is 25.2 Å². The third-order valence-corrected chi connectivity index (χ3v) is 5.51. The van der Waals surface area contributed by atoms with Gasteiger partial charge in [-0.1, -0.05) is 19.9 Å². The first-order valence-corrected chi connectivity index (χ1v) is 10.2. The van der Waals surface area contributed by atoms with Crippen LogP contribution in [0.15, 0.2) is 18.2 Å². The molecule has 26 heavy (non-hydrogen) atoms. The topological polar surface area (TPSA) is 61.4 Å². The molecule has 2 amide bonds. The van der Waals surface area contributed by atoms with Crippen LogP contribution in [0.3, 0.4) is 0 Å². The highest BCUT2D eigenvalue weighted by Crippen LogP contribution is 2.18. The molecule has 6 nitrogen and oxygen atoms in total. The van der Waals surface area contributed by atoms with Gasteiger partial charge in [0.05, 0.1) is 11.7 Å². The predicted molar refractivity (Wildman–Crippen MR) is 106 cm³/mol. The van der Waals surface area contributed by atoms with Crippen LogP contribution in [0, 0.1) is 11.8 Å². The molecule has 3 rings (SSSR count).